The maximum Gasteiger partial charge on any atom is 0.255 e. The Hall–Kier alpha value is -2.05. The zero-order valence-corrected chi connectivity index (χ0v) is 15.4. The Labute approximate surface area is 152 Å². The number of anilines is 2. The average molecular weight is 379 g/mol. The lowest BCUT2D eigenvalue weighted by Gasteiger charge is -2.29. The molecule has 7 heteroatoms. The molecule has 0 bridgehead atoms. The molecule has 1 fully saturated rings. The fourth-order valence-corrected chi connectivity index (χ4v) is 4.75. The van der Waals surface area contributed by atoms with Gasteiger partial charge in [0.2, 0.25) is 10.0 Å². The summed E-state index contributed by atoms with van der Waals surface area (Å²) in [7, 11) is -3.39. The van der Waals surface area contributed by atoms with Gasteiger partial charge in [0.25, 0.3) is 5.91 Å². The van der Waals surface area contributed by atoms with Crippen LogP contribution in [0.4, 0.5) is 11.4 Å². The van der Waals surface area contributed by atoms with Gasteiger partial charge in [-0.05, 0) is 55.7 Å². The van der Waals surface area contributed by atoms with Crippen molar-refractivity contribution in [3.63, 3.8) is 0 Å². The number of aryl methyl sites for hydroxylation is 1. The summed E-state index contributed by atoms with van der Waals surface area (Å²) in [4.78, 5) is 12.5. The van der Waals surface area contributed by atoms with Crippen LogP contribution in [0.15, 0.2) is 42.5 Å². The normalized spacial score (nSPS) is 16.5. The number of hydrogen-bond donors (Lipinski definition) is 1. The minimum absolute atomic E-state index is 0.100. The van der Waals surface area contributed by atoms with Crippen LogP contribution in [0.25, 0.3) is 0 Å². The second kappa shape index (κ2) is 7.06. The summed E-state index contributed by atoms with van der Waals surface area (Å²) in [5.41, 5.74) is 2.45. The lowest BCUT2D eigenvalue weighted by atomic mass is 10.1. The van der Waals surface area contributed by atoms with Crippen LogP contribution in [-0.2, 0) is 10.0 Å². The number of carbonyl (C=O) groups is 1. The zero-order valence-electron chi connectivity index (χ0n) is 13.8. The van der Waals surface area contributed by atoms with Gasteiger partial charge in [-0.3, -0.25) is 9.10 Å². The second-order valence-electron chi connectivity index (χ2n) is 6.09. The molecule has 1 saturated heterocycles. The summed E-state index contributed by atoms with van der Waals surface area (Å²) in [6.45, 7) is 2.32. The van der Waals surface area contributed by atoms with Crippen molar-refractivity contribution in [2.45, 2.75) is 19.8 Å². The highest BCUT2D eigenvalue weighted by molar-refractivity contribution is 7.92. The van der Waals surface area contributed by atoms with E-state index in [1.807, 2.05) is 25.1 Å². The Morgan fingerprint density at radius 1 is 1.16 bits per heavy atom. The molecule has 0 saturated carbocycles. The summed E-state index contributed by atoms with van der Waals surface area (Å²) in [6.07, 6.45) is 1.42. The van der Waals surface area contributed by atoms with E-state index in [1.54, 1.807) is 18.2 Å². The van der Waals surface area contributed by atoms with E-state index in [0.717, 1.165) is 12.0 Å². The predicted molar refractivity (Wildman–Crippen MR) is 101 cm³/mol. The third-order valence-electron chi connectivity index (χ3n) is 4.10. The quantitative estimate of drug-likeness (QED) is 0.882. The molecule has 0 aromatic heterocycles. The smallest absolute Gasteiger partial charge is 0.255 e. The number of halogens is 1. The van der Waals surface area contributed by atoms with E-state index >= 15 is 0 Å². The molecule has 1 heterocycles. The number of benzene rings is 2. The highest BCUT2D eigenvalue weighted by atomic mass is 35.5. The van der Waals surface area contributed by atoms with E-state index in [9.17, 15) is 13.2 Å². The molecule has 5 nitrogen and oxygen atoms in total. The minimum atomic E-state index is -3.39. The summed E-state index contributed by atoms with van der Waals surface area (Å²) in [5, 5.41) is 3.14. The van der Waals surface area contributed by atoms with Crippen LogP contribution in [0.3, 0.4) is 0 Å². The van der Waals surface area contributed by atoms with Gasteiger partial charge in [-0.15, -0.1) is 0 Å². The largest absolute Gasteiger partial charge is 0.322 e. The topological polar surface area (TPSA) is 66.5 Å². The SMILES string of the molecule is Cc1cccc(NC(=O)c2ccc(Cl)c(N3CCCCS3(=O)=O)c2)c1. The Morgan fingerprint density at radius 3 is 2.68 bits per heavy atom. The molecule has 2 aromatic carbocycles. The Balaban J connectivity index is 1.89. The van der Waals surface area contributed by atoms with Crippen LogP contribution in [-0.4, -0.2) is 26.6 Å². The molecule has 3 rings (SSSR count). The molecule has 0 unspecified atom stereocenters. The fourth-order valence-electron chi connectivity index (χ4n) is 2.83. The van der Waals surface area contributed by atoms with Gasteiger partial charge in [-0.1, -0.05) is 23.7 Å². The van der Waals surface area contributed by atoms with Crippen LogP contribution in [0.1, 0.15) is 28.8 Å². The molecule has 2 aromatic rings. The molecule has 0 aliphatic carbocycles. The van der Waals surface area contributed by atoms with Gasteiger partial charge >= 0.3 is 0 Å². The van der Waals surface area contributed by atoms with E-state index in [2.05, 4.69) is 5.32 Å². The number of carbonyl (C=O) groups excluding carboxylic acids is 1. The van der Waals surface area contributed by atoms with Crippen molar-refractivity contribution in [1.29, 1.82) is 0 Å². The van der Waals surface area contributed by atoms with Gasteiger partial charge in [0, 0.05) is 17.8 Å². The molecule has 0 spiro atoms. The summed E-state index contributed by atoms with van der Waals surface area (Å²) >= 11 is 6.20. The van der Waals surface area contributed by atoms with Crippen molar-refractivity contribution >= 4 is 38.9 Å². The number of amides is 1. The van der Waals surface area contributed by atoms with Gasteiger partial charge in [0.05, 0.1) is 16.5 Å². The molecular weight excluding hydrogens is 360 g/mol. The van der Waals surface area contributed by atoms with Crippen LogP contribution in [0.5, 0.6) is 0 Å². The highest BCUT2D eigenvalue weighted by Crippen LogP contribution is 2.31. The first-order valence-corrected chi connectivity index (χ1v) is 10.0. The van der Waals surface area contributed by atoms with Crippen molar-refractivity contribution in [2.75, 3.05) is 21.9 Å². The maximum atomic E-state index is 12.5. The Morgan fingerprint density at radius 2 is 1.96 bits per heavy atom. The summed E-state index contributed by atoms with van der Waals surface area (Å²) in [5.74, 6) is -0.207. The van der Waals surface area contributed by atoms with Gasteiger partial charge < -0.3 is 5.32 Å². The van der Waals surface area contributed by atoms with Gasteiger partial charge in [-0.25, -0.2) is 8.42 Å². The van der Waals surface area contributed by atoms with Crippen LogP contribution in [0.2, 0.25) is 5.02 Å². The summed E-state index contributed by atoms with van der Waals surface area (Å²) < 4.78 is 25.9. The standard InChI is InChI=1S/C18H19ClN2O3S/c1-13-5-4-6-15(11-13)20-18(22)14-7-8-16(19)17(12-14)21-9-2-3-10-25(21,23)24/h4-8,11-12H,2-3,9-10H2,1H3,(H,20,22). The van der Waals surface area contributed by atoms with Crippen molar-refractivity contribution in [3.05, 3.63) is 58.6 Å². The molecule has 1 N–H and O–H groups in total. The van der Waals surface area contributed by atoms with Crippen LogP contribution >= 0.6 is 11.6 Å². The van der Waals surface area contributed by atoms with Gasteiger partial charge in [-0.2, -0.15) is 0 Å². The molecule has 0 radical (unpaired) electrons. The molecule has 25 heavy (non-hydrogen) atoms. The van der Waals surface area contributed by atoms with Crippen molar-refractivity contribution in [2.24, 2.45) is 0 Å². The second-order valence-corrected chi connectivity index (χ2v) is 8.51. The first-order valence-electron chi connectivity index (χ1n) is 8.05. The Kier molecular flexibility index (Phi) is 5.01. The zero-order chi connectivity index (χ0) is 18.0. The van der Waals surface area contributed by atoms with Crippen molar-refractivity contribution in [3.8, 4) is 0 Å². The minimum Gasteiger partial charge on any atom is -0.322 e. The highest BCUT2D eigenvalue weighted by Gasteiger charge is 2.28. The van der Waals surface area contributed by atoms with E-state index in [-0.39, 0.29) is 11.7 Å². The molecule has 1 aliphatic heterocycles. The van der Waals surface area contributed by atoms with Gasteiger partial charge in [0.15, 0.2) is 0 Å². The van der Waals surface area contributed by atoms with E-state index in [1.165, 1.54) is 10.4 Å². The maximum absolute atomic E-state index is 12.5. The molecule has 132 valence electrons. The van der Waals surface area contributed by atoms with E-state index in [0.29, 0.717) is 34.9 Å². The lowest BCUT2D eigenvalue weighted by molar-refractivity contribution is 0.102. The lowest BCUT2D eigenvalue weighted by Crippen LogP contribution is -2.38. The van der Waals surface area contributed by atoms with Crippen molar-refractivity contribution < 1.29 is 13.2 Å². The summed E-state index contributed by atoms with van der Waals surface area (Å²) in [6, 6.07) is 12.2. The third-order valence-corrected chi connectivity index (χ3v) is 6.28. The number of sulfonamides is 1. The van der Waals surface area contributed by atoms with Crippen LogP contribution < -0.4 is 9.62 Å². The average Bonchev–Trinajstić information content (AvgIpc) is 2.55. The molecule has 0 atom stereocenters. The number of nitrogens with one attached hydrogen (secondary N) is 1. The molecule has 1 aliphatic rings. The molecule has 1 amide bonds. The van der Waals surface area contributed by atoms with E-state index in [4.69, 9.17) is 11.6 Å². The van der Waals surface area contributed by atoms with E-state index < -0.39 is 10.0 Å². The van der Waals surface area contributed by atoms with Crippen LogP contribution in [0, 0.1) is 6.92 Å². The third kappa shape index (κ3) is 3.96. The number of rotatable bonds is 3. The van der Waals surface area contributed by atoms with Gasteiger partial charge in [0.1, 0.15) is 0 Å². The fraction of sp³-hybridized carbons (Fsp3) is 0.278. The Bertz CT molecular complexity index is 912. The van der Waals surface area contributed by atoms with Crippen molar-refractivity contribution in [1.82, 2.24) is 0 Å². The monoisotopic (exact) mass is 378 g/mol. The first-order chi connectivity index (χ1) is 11.9. The predicted octanol–water partition coefficient (Wildman–Crippen LogP) is 3.83. The number of nitrogens with zero attached hydrogens (tertiary/aromatic N) is 1. The first kappa shape index (κ1) is 17.8. The molecular formula is C18H19ClN2O3S. The number of hydrogen-bond acceptors (Lipinski definition) is 3.